The van der Waals surface area contributed by atoms with Crippen LogP contribution in [0.15, 0.2) is 22.7 Å². The van der Waals surface area contributed by atoms with E-state index in [1.165, 1.54) is 6.07 Å². The number of hydrogen-bond acceptors (Lipinski definition) is 4. The molecule has 1 saturated carbocycles. The first kappa shape index (κ1) is 12.1. The zero-order chi connectivity index (χ0) is 13.4. The Morgan fingerprint density at radius 3 is 3.05 bits per heavy atom. The highest BCUT2D eigenvalue weighted by molar-refractivity contribution is 6.31. The van der Waals surface area contributed by atoms with Crippen molar-refractivity contribution in [1.82, 2.24) is 10.1 Å². The van der Waals surface area contributed by atoms with E-state index in [1.807, 2.05) is 0 Å². The monoisotopic (exact) mass is 277 g/mol. The van der Waals surface area contributed by atoms with Crippen LogP contribution in [0.3, 0.4) is 0 Å². The van der Waals surface area contributed by atoms with Gasteiger partial charge in [-0.2, -0.15) is 10.2 Å². The molecule has 0 amide bonds. The molecule has 1 aromatic heterocycles. The van der Waals surface area contributed by atoms with E-state index in [1.54, 1.807) is 12.1 Å². The van der Waals surface area contributed by atoms with Crippen molar-refractivity contribution in [2.45, 2.75) is 18.8 Å². The number of rotatable bonds is 3. The number of hydrogen-bond donors (Lipinski definition) is 0. The van der Waals surface area contributed by atoms with Gasteiger partial charge in [-0.1, -0.05) is 22.8 Å². The third kappa shape index (κ3) is 2.32. The fourth-order valence-electron chi connectivity index (χ4n) is 1.96. The van der Waals surface area contributed by atoms with Crippen molar-refractivity contribution in [2.75, 3.05) is 0 Å². The first-order chi connectivity index (χ1) is 9.19. The predicted molar refractivity (Wildman–Crippen MR) is 65.0 cm³/mol. The molecule has 0 N–H and O–H groups in total. The Morgan fingerprint density at radius 2 is 2.37 bits per heavy atom. The van der Waals surface area contributed by atoms with E-state index in [9.17, 15) is 4.39 Å². The second-order valence-corrected chi connectivity index (χ2v) is 4.91. The van der Waals surface area contributed by atoms with Crippen LogP contribution >= 0.6 is 11.6 Å². The third-order valence-corrected chi connectivity index (χ3v) is 3.51. The SMILES string of the molecule is N#CC1CC1c1nc(Cc2c(F)cccc2Cl)no1. The zero-order valence-electron chi connectivity index (χ0n) is 9.81. The quantitative estimate of drug-likeness (QED) is 0.865. The van der Waals surface area contributed by atoms with Gasteiger partial charge in [0.15, 0.2) is 5.82 Å². The Morgan fingerprint density at radius 1 is 1.53 bits per heavy atom. The molecule has 0 aliphatic heterocycles. The van der Waals surface area contributed by atoms with Crippen LogP contribution in [0.5, 0.6) is 0 Å². The number of benzene rings is 1. The molecule has 3 rings (SSSR count). The Labute approximate surface area is 113 Å². The molecular formula is C13H9ClFN3O. The standard InChI is InChI=1S/C13H9ClFN3O/c14-10-2-1-3-11(15)9(10)5-12-17-13(19-18-12)8-4-7(8)6-16/h1-3,7-8H,4-5H2. The molecule has 6 heteroatoms. The van der Waals surface area contributed by atoms with Gasteiger partial charge in [0.1, 0.15) is 5.82 Å². The molecule has 4 nitrogen and oxygen atoms in total. The van der Waals surface area contributed by atoms with E-state index in [0.29, 0.717) is 22.3 Å². The average molecular weight is 278 g/mol. The zero-order valence-corrected chi connectivity index (χ0v) is 10.6. The van der Waals surface area contributed by atoms with Gasteiger partial charge < -0.3 is 4.52 Å². The largest absolute Gasteiger partial charge is 0.339 e. The molecule has 0 saturated heterocycles. The van der Waals surface area contributed by atoms with Gasteiger partial charge in [0.2, 0.25) is 5.89 Å². The average Bonchev–Trinajstić information content (AvgIpc) is 3.05. The molecular weight excluding hydrogens is 269 g/mol. The number of nitrogens with zero attached hydrogens (tertiary/aromatic N) is 3. The lowest BCUT2D eigenvalue weighted by Crippen LogP contribution is -1.96. The summed E-state index contributed by atoms with van der Waals surface area (Å²) < 4.78 is 18.7. The Balaban J connectivity index is 1.80. The van der Waals surface area contributed by atoms with Gasteiger partial charge in [-0.15, -0.1) is 0 Å². The second-order valence-electron chi connectivity index (χ2n) is 4.50. The van der Waals surface area contributed by atoms with Crippen molar-refractivity contribution in [3.05, 3.63) is 46.3 Å². The lowest BCUT2D eigenvalue weighted by Gasteiger charge is -2.01. The van der Waals surface area contributed by atoms with Gasteiger partial charge in [-0.25, -0.2) is 4.39 Å². The van der Waals surface area contributed by atoms with Crippen molar-refractivity contribution in [3.63, 3.8) is 0 Å². The summed E-state index contributed by atoms with van der Waals surface area (Å²) in [5.74, 6) is 0.437. The van der Waals surface area contributed by atoms with E-state index in [2.05, 4.69) is 16.2 Å². The molecule has 1 heterocycles. The maximum absolute atomic E-state index is 13.6. The molecule has 2 atom stereocenters. The van der Waals surface area contributed by atoms with Gasteiger partial charge in [0.25, 0.3) is 0 Å². The fourth-order valence-corrected chi connectivity index (χ4v) is 2.19. The summed E-state index contributed by atoms with van der Waals surface area (Å²) in [4.78, 5) is 4.19. The Bertz CT molecular complexity index is 644. The highest BCUT2D eigenvalue weighted by Crippen LogP contribution is 2.46. The smallest absolute Gasteiger partial charge is 0.231 e. The normalized spacial score (nSPS) is 21.1. The second kappa shape index (κ2) is 4.63. The van der Waals surface area contributed by atoms with Crippen molar-refractivity contribution in [2.24, 2.45) is 5.92 Å². The summed E-state index contributed by atoms with van der Waals surface area (Å²) >= 11 is 5.94. The summed E-state index contributed by atoms with van der Waals surface area (Å²) in [5.41, 5.74) is 0.351. The lowest BCUT2D eigenvalue weighted by molar-refractivity contribution is 0.373. The molecule has 1 aliphatic carbocycles. The van der Waals surface area contributed by atoms with Crippen molar-refractivity contribution >= 4 is 11.6 Å². The highest BCUT2D eigenvalue weighted by atomic mass is 35.5. The fraction of sp³-hybridized carbons (Fsp3) is 0.308. The predicted octanol–water partition coefficient (Wildman–Crippen LogP) is 3.08. The van der Waals surface area contributed by atoms with Gasteiger partial charge in [-0.05, 0) is 18.6 Å². The van der Waals surface area contributed by atoms with Crippen LogP contribution < -0.4 is 0 Å². The Hall–Kier alpha value is -1.93. The summed E-state index contributed by atoms with van der Waals surface area (Å²) in [5, 5.41) is 12.9. The van der Waals surface area contributed by atoms with E-state index in [4.69, 9.17) is 21.4 Å². The van der Waals surface area contributed by atoms with Crippen LogP contribution in [-0.2, 0) is 6.42 Å². The maximum atomic E-state index is 13.6. The minimum Gasteiger partial charge on any atom is -0.339 e. The van der Waals surface area contributed by atoms with Crippen molar-refractivity contribution in [3.8, 4) is 6.07 Å². The number of halogens is 2. The van der Waals surface area contributed by atoms with Crippen LogP contribution in [0.1, 0.15) is 29.6 Å². The van der Waals surface area contributed by atoms with Crippen LogP contribution in [0.2, 0.25) is 5.02 Å². The molecule has 0 spiro atoms. The molecule has 1 fully saturated rings. The van der Waals surface area contributed by atoms with Crippen LogP contribution in [0.25, 0.3) is 0 Å². The topological polar surface area (TPSA) is 62.7 Å². The summed E-state index contributed by atoms with van der Waals surface area (Å²) in [6.45, 7) is 0. The van der Waals surface area contributed by atoms with E-state index < -0.39 is 0 Å². The van der Waals surface area contributed by atoms with Gasteiger partial charge in [0, 0.05) is 17.0 Å². The van der Waals surface area contributed by atoms with Crippen LogP contribution in [-0.4, -0.2) is 10.1 Å². The molecule has 19 heavy (non-hydrogen) atoms. The molecule has 1 aromatic carbocycles. The molecule has 0 radical (unpaired) electrons. The molecule has 0 bridgehead atoms. The summed E-state index contributed by atoms with van der Waals surface area (Å²) in [7, 11) is 0. The first-order valence-electron chi connectivity index (χ1n) is 5.84. The van der Waals surface area contributed by atoms with Crippen LogP contribution in [0.4, 0.5) is 4.39 Å². The van der Waals surface area contributed by atoms with Crippen molar-refractivity contribution in [1.29, 1.82) is 5.26 Å². The minimum absolute atomic E-state index is 0.0299. The first-order valence-corrected chi connectivity index (χ1v) is 6.22. The summed E-state index contributed by atoms with van der Waals surface area (Å²) in [6, 6.07) is 6.66. The third-order valence-electron chi connectivity index (χ3n) is 3.15. The van der Waals surface area contributed by atoms with E-state index in [0.717, 1.165) is 6.42 Å². The van der Waals surface area contributed by atoms with Gasteiger partial charge in [0.05, 0.1) is 17.9 Å². The molecule has 1 aliphatic rings. The van der Waals surface area contributed by atoms with Crippen molar-refractivity contribution < 1.29 is 8.91 Å². The molecule has 2 aromatic rings. The Kier molecular flexibility index (Phi) is 2.96. The molecule has 2 unspecified atom stereocenters. The molecule has 96 valence electrons. The number of nitriles is 1. The van der Waals surface area contributed by atoms with Crippen LogP contribution in [0, 0.1) is 23.1 Å². The van der Waals surface area contributed by atoms with Gasteiger partial charge in [-0.3, -0.25) is 0 Å². The minimum atomic E-state index is -0.389. The van der Waals surface area contributed by atoms with E-state index >= 15 is 0 Å². The summed E-state index contributed by atoms with van der Waals surface area (Å²) in [6.07, 6.45) is 0.928. The highest BCUT2D eigenvalue weighted by Gasteiger charge is 2.43. The number of aromatic nitrogens is 2. The van der Waals surface area contributed by atoms with E-state index in [-0.39, 0.29) is 24.1 Å². The lowest BCUT2D eigenvalue weighted by atomic mass is 10.1. The van der Waals surface area contributed by atoms with Gasteiger partial charge >= 0.3 is 0 Å². The maximum Gasteiger partial charge on any atom is 0.231 e.